The number of nitrogens with one attached hydrogen (secondary N) is 1. The number of benzene rings is 3. The lowest BCUT2D eigenvalue weighted by molar-refractivity contribution is -0.151. The molecule has 3 aromatic carbocycles. The Morgan fingerprint density at radius 3 is 2.15 bits per heavy atom. The molecule has 0 saturated carbocycles. The SMILES string of the molecule is COC(=O)[C@]1(C)N[C@H](c2cn(-c3ccccc3)nc2-c2ccccc2)[C@@H]2C(=O)N(c3ccc(OC)cc3)C(=O)[C@@H]21. The lowest BCUT2D eigenvalue weighted by atomic mass is 9.80. The zero-order valence-electron chi connectivity index (χ0n) is 22.3. The minimum absolute atomic E-state index is 0.392. The van der Waals surface area contributed by atoms with Crippen LogP contribution in [0.15, 0.2) is 91.1 Å². The van der Waals surface area contributed by atoms with Gasteiger partial charge >= 0.3 is 5.97 Å². The number of hydrogen-bond donors (Lipinski definition) is 1. The van der Waals surface area contributed by atoms with Crippen molar-refractivity contribution in [2.24, 2.45) is 11.8 Å². The monoisotopic (exact) mass is 536 g/mol. The van der Waals surface area contributed by atoms with E-state index in [0.717, 1.165) is 11.3 Å². The molecule has 1 aromatic heterocycles. The molecule has 2 aliphatic rings. The van der Waals surface area contributed by atoms with E-state index in [4.69, 9.17) is 14.6 Å². The number of para-hydroxylation sites is 1. The molecule has 1 N–H and O–H groups in total. The Balaban J connectivity index is 1.51. The topological polar surface area (TPSA) is 103 Å². The van der Waals surface area contributed by atoms with Crippen LogP contribution in [-0.2, 0) is 19.1 Å². The third-order valence-electron chi connectivity index (χ3n) is 7.87. The lowest BCUT2D eigenvalue weighted by Gasteiger charge is -2.28. The average Bonchev–Trinajstić information content (AvgIpc) is 3.65. The van der Waals surface area contributed by atoms with E-state index in [1.807, 2.05) is 66.9 Å². The second-order valence-electron chi connectivity index (χ2n) is 10.1. The number of imide groups is 1. The number of nitrogens with zero attached hydrogens (tertiary/aromatic N) is 3. The van der Waals surface area contributed by atoms with Gasteiger partial charge in [0, 0.05) is 23.4 Å². The summed E-state index contributed by atoms with van der Waals surface area (Å²) in [6, 6.07) is 25.3. The van der Waals surface area contributed by atoms with Crippen molar-refractivity contribution in [3.63, 3.8) is 0 Å². The van der Waals surface area contributed by atoms with E-state index < -0.39 is 41.2 Å². The number of aromatic nitrogens is 2. The number of carbonyl (C=O) groups is 3. The molecule has 2 aliphatic heterocycles. The van der Waals surface area contributed by atoms with Gasteiger partial charge in [-0.1, -0.05) is 48.5 Å². The van der Waals surface area contributed by atoms with Crippen LogP contribution in [0, 0.1) is 11.8 Å². The van der Waals surface area contributed by atoms with E-state index in [1.165, 1.54) is 12.0 Å². The molecule has 40 heavy (non-hydrogen) atoms. The standard InChI is InChI=1S/C31H28N4O5/c1-31(30(38)40-3)25-24(28(36)35(29(25)37)21-14-16-22(39-2)17-15-21)27(32-31)23-18-34(20-12-8-5-9-13-20)33-26(23)19-10-6-4-7-11-19/h4-18,24-25,27,32H,1-3H3/t24-,25-,27-,31-/m1/s1. The van der Waals surface area contributed by atoms with Crippen molar-refractivity contribution in [3.8, 4) is 22.7 Å². The number of anilines is 1. The predicted octanol–water partition coefficient (Wildman–Crippen LogP) is 3.93. The van der Waals surface area contributed by atoms with Crippen molar-refractivity contribution >= 4 is 23.5 Å². The van der Waals surface area contributed by atoms with Crippen LogP contribution < -0.4 is 15.0 Å². The Labute approximate surface area is 231 Å². The van der Waals surface area contributed by atoms with Gasteiger partial charge in [0.15, 0.2) is 0 Å². The van der Waals surface area contributed by atoms with E-state index in [1.54, 1.807) is 43.0 Å². The first-order valence-corrected chi connectivity index (χ1v) is 13.0. The number of amides is 2. The largest absolute Gasteiger partial charge is 0.497 e. The van der Waals surface area contributed by atoms with Gasteiger partial charge in [0.05, 0.1) is 43.1 Å². The molecule has 2 fully saturated rings. The Hall–Kier alpha value is -4.76. The fourth-order valence-corrected chi connectivity index (χ4v) is 5.94. The van der Waals surface area contributed by atoms with Crippen molar-refractivity contribution in [1.82, 2.24) is 15.1 Å². The summed E-state index contributed by atoms with van der Waals surface area (Å²) in [5, 5.41) is 8.25. The number of carbonyl (C=O) groups excluding carboxylic acids is 3. The number of methoxy groups -OCH3 is 2. The summed E-state index contributed by atoms with van der Waals surface area (Å²) >= 11 is 0. The van der Waals surface area contributed by atoms with Gasteiger partial charge in [-0.2, -0.15) is 5.10 Å². The van der Waals surface area contributed by atoms with Crippen LogP contribution in [0.1, 0.15) is 18.5 Å². The molecule has 6 rings (SSSR count). The minimum Gasteiger partial charge on any atom is -0.497 e. The number of fused-ring (bicyclic) bond motifs is 1. The van der Waals surface area contributed by atoms with E-state index in [0.29, 0.717) is 22.7 Å². The van der Waals surface area contributed by atoms with Gasteiger partial charge in [-0.15, -0.1) is 0 Å². The van der Waals surface area contributed by atoms with Gasteiger partial charge < -0.3 is 9.47 Å². The normalized spacial score (nSPS) is 23.8. The van der Waals surface area contributed by atoms with E-state index in [-0.39, 0.29) is 0 Å². The van der Waals surface area contributed by atoms with Crippen LogP contribution in [0.3, 0.4) is 0 Å². The highest BCUT2D eigenvalue weighted by atomic mass is 16.5. The van der Waals surface area contributed by atoms with Gasteiger partial charge in [-0.05, 0) is 43.3 Å². The van der Waals surface area contributed by atoms with Crippen molar-refractivity contribution in [2.45, 2.75) is 18.5 Å². The molecule has 2 amide bonds. The molecule has 4 aromatic rings. The Morgan fingerprint density at radius 1 is 0.875 bits per heavy atom. The second kappa shape index (κ2) is 9.77. The first-order valence-electron chi connectivity index (χ1n) is 13.0. The summed E-state index contributed by atoms with van der Waals surface area (Å²) in [5.74, 6) is -2.71. The smallest absolute Gasteiger partial charge is 0.326 e. The first-order chi connectivity index (χ1) is 19.4. The van der Waals surface area contributed by atoms with Crippen molar-refractivity contribution in [1.29, 1.82) is 0 Å². The molecule has 9 nitrogen and oxygen atoms in total. The quantitative estimate of drug-likeness (QED) is 0.294. The molecule has 0 spiro atoms. The highest BCUT2D eigenvalue weighted by Gasteiger charge is 2.67. The maximum atomic E-state index is 14.1. The van der Waals surface area contributed by atoms with Gasteiger partial charge in [0.25, 0.3) is 0 Å². The van der Waals surface area contributed by atoms with Crippen LogP contribution in [0.2, 0.25) is 0 Å². The molecule has 0 aliphatic carbocycles. The van der Waals surface area contributed by atoms with Gasteiger partial charge in [0.2, 0.25) is 11.8 Å². The van der Waals surface area contributed by atoms with Gasteiger partial charge in [-0.3, -0.25) is 19.7 Å². The molecule has 2 saturated heterocycles. The Morgan fingerprint density at radius 2 is 1.52 bits per heavy atom. The molecule has 0 unspecified atom stereocenters. The van der Waals surface area contributed by atoms with Crippen LogP contribution in [0.5, 0.6) is 5.75 Å². The Bertz CT molecular complexity index is 1590. The highest BCUT2D eigenvalue weighted by molar-refractivity contribution is 6.24. The number of hydrogen-bond acceptors (Lipinski definition) is 7. The van der Waals surface area contributed by atoms with Crippen molar-refractivity contribution < 1.29 is 23.9 Å². The molecular formula is C31H28N4O5. The highest BCUT2D eigenvalue weighted by Crippen LogP contribution is 2.51. The average molecular weight is 537 g/mol. The minimum atomic E-state index is -1.44. The maximum absolute atomic E-state index is 14.1. The lowest BCUT2D eigenvalue weighted by Crippen LogP contribution is -2.54. The zero-order valence-corrected chi connectivity index (χ0v) is 22.3. The van der Waals surface area contributed by atoms with E-state index in [9.17, 15) is 14.4 Å². The van der Waals surface area contributed by atoms with E-state index in [2.05, 4.69) is 5.32 Å². The van der Waals surface area contributed by atoms with Crippen molar-refractivity contribution in [3.05, 3.63) is 96.7 Å². The molecule has 0 radical (unpaired) electrons. The predicted molar refractivity (Wildman–Crippen MR) is 148 cm³/mol. The summed E-state index contributed by atoms with van der Waals surface area (Å²) in [6.07, 6.45) is 1.86. The number of esters is 1. The molecule has 3 heterocycles. The molecular weight excluding hydrogens is 508 g/mol. The molecule has 0 bridgehead atoms. The van der Waals surface area contributed by atoms with Crippen LogP contribution in [0.25, 0.3) is 16.9 Å². The number of ether oxygens (including phenoxy) is 2. The second-order valence-corrected chi connectivity index (χ2v) is 10.1. The summed E-state index contributed by atoms with van der Waals surface area (Å²) in [7, 11) is 2.83. The van der Waals surface area contributed by atoms with Crippen LogP contribution >= 0.6 is 0 Å². The molecule has 9 heteroatoms. The summed E-state index contributed by atoms with van der Waals surface area (Å²) < 4.78 is 12.1. The van der Waals surface area contributed by atoms with Gasteiger partial charge in [0.1, 0.15) is 11.3 Å². The number of rotatable bonds is 6. The van der Waals surface area contributed by atoms with Crippen LogP contribution in [-0.4, -0.2) is 47.3 Å². The van der Waals surface area contributed by atoms with Crippen molar-refractivity contribution in [2.75, 3.05) is 19.1 Å². The Kier molecular flexibility index (Phi) is 6.23. The maximum Gasteiger partial charge on any atom is 0.326 e. The van der Waals surface area contributed by atoms with Gasteiger partial charge in [-0.25, -0.2) is 9.58 Å². The summed E-state index contributed by atoms with van der Waals surface area (Å²) in [6.45, 7) is 1.63. The van der Waals surface area contributed by atoms with E-state index >= 15 is 0 Å². The van der Waals surface area contributed by atoms with Crippen LogP contribution in [0.4, 0.5) is 5.69 Å². The fourth-order valence-electron chi connectivity index (χ4n) is 5.94. The third-order valence-corrected chi connectivity index (χ3v) is 7.87. The fraction of sp³-hybridized carbons (Fsp3) is 0.226. The third kappa shape index (κ3) is 3.89. The molecule has 4 atom stereocenters. The summed E-state index contributed by atoms with van der Waals surface area (Å²) in [5.41, 5.74) is 2.01. The zero-order chi connectivity index (χ0) is 28.0. The molecule has 202 valence electrons. The first kappa shape index (κ1) is 25.5. The summed E-state index contributed by atoms with van der Waals surface area (Å²) in [4.78, 5) is 42.5.